The second kappa shape index (κ2) is 21.0. The van der Waals surface area contributed by atoms with Gasteiger partial charge >= 0.3 is 37.9 Å². The Balaban J connectivity index is 0.000000175. The van der Waals surface area contributed by atoms with Gasteiger partial charge in [-0.1, -0.05) is 144 Å². The number of aryl methyl sites for hydroxylation is 1. The second-order valence-corrected chi connectivity index (χ2v) is 19.8. The van der Waals surface area contributed by atoms with Crippen LogP contribution in [-0.2, 0) is 20.8 Å². The molecule has 2 aliphatic rings. The molecule has 2 aliphatic carbocycles. The summed E-state index contributed by atoms with van der Waals surface area (Å²) in [5, 5.41) is 5.56. The van der Waals surface area contributed by atoms with E-state index in [0.29, 0.717) is 5.92 Å². The van der Waals surface area contributed by atoms with Crippen LogP contribution < -0.4 is 0 Å². The van der Waals surface area contributed by atoms with Crippen molar-refractivity contribution in [1.82, 2.24) is 0 Å². The van der Waals surface area contributed by atoms with E-state index in [4.69, 9.17) is 17.0 Å². The van der Waals surface area contributed by atoms with E-state index in [-0.39, 0.29) is 0 Å². The van der Waals surface area contributed by atoms with Crippen LogP contribution in [0, 0.1) is 6.92 Å². The molecular formula is C48H56Cl2SiZr. The number of hydrogen-bond acceptors (Lipinski definition) is 0. The summed E-state index contributed by atoms with van der Waals surface area (Å²) in [4.78, 5) is 0. The molecule has 6 aromatic rings. The Hall–Kier alpha value is -2.22. The first-order chi connectivity index (χ1) is 25.4. The Morgan fingerprint density at radius 2 is 1.08 bits per heavy atom. The van der Waals surface area contributed by atoms with Gasteiger partial charge in [-0.2, -0.15) is 12.1 Å². The van der Waals surface area contributed by atoms with Gasteiger partial charge in [-0.3, -0.25) is 0 Å². The Morgan fingerprint density at radius 3 is 1.60 bits per heavy atom. The van der Waals surface area contributed by atoms with Crippen molar-refractivity contribution in [2.45, 2.75) is 116 Å². The molecule has 0 aliphatic heterocycles. The fourth-order valence-corrected chi connectivity index (χ4v) is 8.24. The van der Waals surface area contributed by atoms with Crippen molar-refractivity contribution in [2.24, 2.45) is 0 Å². The normalized spacial score (nSPS) is 14.8. The molecule has 2 fully saturated rings. The summed E-state index contributed by atoms with van der Waals surface area (Å²) >= 11 is -0.826. The van der Waals surface area contributed by atoms with Crippen molar-refractivity contribution < 1.29 is 20.8 Å². The summed E-state index contributed by atoms with van der Waals surface area (Å²) in [6.07, 6.45) is 13.9. The van der Waals surface area contributed by atoms with Crippen LogP contribution >= 0.6 is 17.0 Å². The van der Waals surface area contributed by atoms with E-state index in [0.717, 1.165) is 21.4 Å². The minimum absolute atomic E-state index is 0.590. The Bertz CT molecular complexity index is 1920. The molecule has 0 atom stereocenters. The van der Waals surface area contributed by atoms with E-state index in [1.165, 1.54) is 125 Å². The van der Waals surface area contributed by atoms with Crippen molar-refractivity contribution in [3.05, 3.63) is 131 Å². The van der Waals surface area contributed by atoms with E-state index in [1.807, 2.05) is 0 Å². The summed E-state index contributed by atoms with van der Waals surface area (Å²) in [7, 11) is 11.0. The van der Waals surface area contributed by atoms with Crippen LogP contribution in [0.1, 0.15) is 118 Å². The van der Waals surface area contributed by atoms with Gasteiger partial charge in [0.2, 0.25) is 0 Å². The fourth-order valence-electron chi connectivity index (χ4n) is 8.24. The average molecular weight is 823 g/mol. The van der Waals surface area contributed by atoms with Gasteiger partial charge in [0.25, 0.3) is 0 Å². The summed E-state index contributed by atoms with van der Waals surface area (Å²) in [5.41, 5.74) is 11.3. The van der Waals surface area contributed by atoms with Gasteiger partial charge in [0.15, 0.2) is 0 Å². The SMILES string of the molecule is CC(C)c1ccc(-c2cccc3[cH-]c(C4CCCCC4)cc23)cc1.C[Si]C.Cc1cc2c(-c3ccc(C4CCCCC4)cc3)cccc2[cH-]1.[Cl][Zr+2][Cl]. The molecule has 0 aromatic heterocycles. The van der Waals surface area contributed by atoms with Crippen molar-refractivity contribution in [3.8, 4) is 22.3 Å². The molecule has 0 nitrogen and oxygen atoms in total. The molecule has 0 saturated heterocycles. The third-order valence-corrected chi connectivity index (χ3v) is 10.9. The zero-order valence-corrected chi connectivity index (χ0v) is 36.9. The molecule has 52 heavy (non-hydrogen) atoms. The molecule has 0 unspecified atom stereocenters. The van der Waals surface area contributed by atoms with E-state index in [2.05, 4.69) is 143 Å². The van der Waals surface area contributed by atoms with Crippen molar-refractivity contribution in [2.75, 3.05) is 0 Å². The molecule has 2 radical (unpaired) electrons. The van der Waals surface area contributed by atoms with E-state index in [1.54, 1.807) is 5.56 Å². The van der Waals surface area contributed by atoms with E-state index >= 15 is 0 Å². The summed E-state index contributed by atoms with van der Waals surface area (Å²) in [5.74, 6) is 2.16. The van der Waals surface area contributed by atoms with Gasteiger partial charge in [-0.25, -0.2) is 0 Å². The van der Waals surface area contributed by atoms with Crippen LogP contribution in [0.3, 0.4) is 0 Å². The zero-order valence-electron chi connectivity index (χ0n) is 32.0. The predicted molar refractivity (Wildman–Crippen MR) is 230 cm³/mol. The van der Waals surface area contributed by atoms with Crippen molar-refractivity contribution >= 4 is 48.1 Å². The van der Waals surface area contributed by atoms with Crippen LogP contribution in [0.25, 0.3) is 43.8 Å². The molecule has 6 aromatic carbocycles. The molecule has 270 valence electrons. The van der Waals surface area contributed by atoms with Gasteiger partial charge in [-0.05, 0) is 65.7 Å². The summed E-state index contributed by atoms with van der Waals surface area (Å²) in [6.45, 7) is 11.0. The minimum atomic E-state index is -0.826. The zero-order chi connectivity index (χ0) is 36.9. The first-order valence-corrected chi connectivity index (χ1v) is 27.8. The number of benzene rings is 4. The van der Waals surface area contributed by atoms with Crippen LogP contribution in [-0.4, -0.2) is 9.52 Å². The molecule has 0 amide bonds. The fraction of sp³-hybridized carbons (Fsp3) is 0.375. The van der Waals surface area contributed by atoms with Crippen molar-refractivity contribution in [3.63, 3.8) is 0 Å². The molecular weight excluding hydrogens is 767 g/mol. The van der Waals surface area contributed by atoms with Crippen LogP contribution in [0.2, 0.25) is 13.1 Å². The molecule has 0 spiro atoms. The Labute approximate surface area is 335 Å². The standard InChI is InChI=1S/C24H27.C22H23.C2H6Si.2ClH.Zr/c1-17(2)18-11-13-20(14-12-18)23-10-6-9-21-15-22(16-24(21)23)19-7-4-3-5-8-19;1-16-14-20-8-5-9-21(22(20)15-16)19-12-10-18(11-13-19)17-6-3-2-4-7-17;1-3-2;;;/h6,9-17,19H,3-5,7-8H2,1-2H3;5,8-15,17H,2-4,6-7H2,1H3;1-2H3;2*1H;/q2*-1;;;;+4/p-2. The van der Waals surface area contributed by atoms with Gasteiger partial charge in [0, 0.05) is 9.52 Å². The third-order valence-electron chi connectivity index (χ3n) is 10.9. The molecule has 0 heterocycles. The van der Waals surface area contributed by atoms with Crippen LogP contribution in [0.4, 0.5) is 0 Å². The summed E-state index contributed by atoms with van der Waals surface area (Å²) < 4.78 is 0. The van der Waals surface area contributed by atoms with Crippen molar-refractivity contribution in [1.29, 1.82) is 0 Å². The molecule has 8 rings (SSSR count). The third kappa shape index (κ3) is 10.9. The quantitative estimate of drug-likeness (QED) is 0.120. The number of fused-ring (bicyclic) bond motifs is 2. The molecule has 2 saturated carbocycles. The average Bonchev–Trinajstić information content (AvgIpc) is 3.80. The number of hydrogen-bond donors (Lipinski definition) is 0. The maximum absolute atomic E-state index is 4.93. The van der Waals surface area contributed by atoms with Crippen LogP contribution in [0.15, 0.2) is 109 Å². The monoisotopic (exact) mass is 820 g/mol. The number of rotatable bonds is 5. The Kier molecular flexibility index (Phi) is 16.6. The van der Waals surface area contributed by atoms with Gasteiger partial charge in [-0.15, -0.1) is 69.1 Å². The second-order valence-electron chi connectivity index (χ2n) is 15.1. The first-order valence-electron chi connectivity index (χ1n) is 19.5. The molecule has 0 bridgehead atoms. The van der Waals surface area contributed by atoms with E-state index in [9.17, 15) is 0 Å². The topological polar surface area (TPSA) is 0 Å². The summed E-state index contributed by atoms with van der Waals surface area (Å²) in [6, 6.07) is 41.4. The van der Waals surface area contributed by atoms with Gasteiger partial charge in [0.1, 0.15) is 0 Å². The van der Waals surface area contributed by atoms with Gasteiger partial charge in [0.05, 0.1) is 0 Å². The van der Waals surface area contributed by atoms with Crippen LogP contribution in [0.5, 0.6) is 0 Å². The van der Waals surface area contributed by atoms with E-state index < -0.39 is 20.8 Å². The number of halogens is 2. The predicted octanol–water partition coefficient (Wildman–Crippen LogP) is 16.1. The molecule has 4 heteroatoms. The maximum atomic E-state index is 4.93. The molecule has 0 N–H and O–H groups in total. The van der Waals surface area contributed by atoms with Gasteiger partial charge < -0.3 is 0 Å². The Morgan fingerprint density at radius 1 is 0.615 bits per heavy atom. The first kappa shape index (κ1) is 41.0.